The van der Waals surface area contributed by atoms with Gasteiger partial charge in [0.15, 0.2) is 0 Å². The molecule has 0 radical (unpaired) electrons. The molecule has 51 heavy (non-hydrogen) atoms. The molecule has 0 spiro atoms. The molecule has 8 aromatic carbocycles. The largest absolute Gasteiger partial charge is 0.247 e. The predicted octanol–water partition coefficient (Wildman–Crippen LogP) is 13.6. The highest BCUT2D eigenvalue weighted by Crippen LogP contribution is 2.45. The van der Waals surface area contributed by atoms with Gasteiger partial charge in [0.05, 0.1) is 22.4 Å². The minimum absolute atomic E-state index is 0.993. The summed E-state index contributed by atoms with van der Waals surface area (Å²) in [7, 11) is 0. The second kappa shape index (κ2) is 11.0. The Bertz CT molecular complexity index is 3180. The Hall–Kier alpha value is -6.42. The standard InChI is InChI=1S/C48H28N2S/c1-3-13-29(14-4-1)46-38-26-25-35-33-18-10-12-22-43(33)51-48(35)45(38)37-24-23-31(27-42(37)50-46)39-28-40-44(34-19-8-7-17-32(34)39)36-20-9-11-21-41(36)49-47(40)30-15-5-2-6-16-30/h1-28H. The summed E-state index contributed by atoms with van der Waals surface area (Å²) in [4.78, 5) is 10.7. The van der Waals surface area contributed by atoms with Gasteiger partial charge in [-0.05, 0) is 46.2 Å². The lowest BCUT2D eigenvalue weighted by molar-refractivity contribution is 1.43. The second-order valence-electron chi connectivity index (χ2n) is 13.3. The highest BCUT2D eigenvalue weighted by Gasteiger charge is 2.19. The van der Waals surface area contributed by atoms with Crippen LogP contribution in [0.25, 0.3) is 108 Å². The fourth-order valence-corrected chi connectivity index (χ4v) is 9.39. The van der Waals surface area contributed by atoms with E-state index in [4.69, 9.17) is 9.97 Å². The lowest BCUT2D eigenvalue weighted by Crippen LogP contribution is -1.93. The maximum absolute atomic E-state index is 5.46. The SMILES string of the molecule is c1ccc(-c2nc3ccccc3c3c2cc(-c2ccc4c(c2)nc(-c2ccccc2)c2ccc5c6ccccc6sc5c24)c2ccccc23)cc1. The quantitative estimate of drug-likeness (QED) is 0.176. The molecule has 0 bridgehead atoms. The second-order valence-corrected chi connectivity index (χ2v) is 14.3. The van der Waals surface area contributed by atoms with E-state index in [0.29, 0.717) is 0 Å². The van der Waals surface area contributed by atoms with Crippen LogP contribution in [0.4, 0.5) is 0 Å². The van der Waals surface area contributed by atoms with Gasteiger partial charge in [0.2, 0.25) is 0 Å². The summed E-state index contributed by atoms with van der Waals surface area (Å²) in [5.41, 5.74) is 8.56. The number of benzene rings is 8. The summed E-state index contributed by atoms with van der Waals surface area (Å²) in [5, 5.41) is 12.2. The van der Waals surface area contributed by atoms with E-state index in [1.807, 2.05) is 11.3 Å². The Morgan fingerprint density at radius 3 is 1.69 bits per heavy atom. The third-order valence-electron chi connectivity index (χ3n) is 10.4. The molecule has 3 aromatic heterocycles. The van der Waals surface area contributed by atoms with Gasteiger partial charge in [0, 0.05) is 63.6 Å². The molecule has 0 N–H and O–H groups in total. The van der Waals surface area contributed by atoms with Crippen LogP contribution in [0.1, 0.15) is 0 Å². The molecule has 3 heteroatoms. The van der Waals surface area contributed by atoms with Crippen molar-refractivity contribution in [3.63, 3.8) is 0 Å². The van der Waals surface area contributed by atoms with Crippen LogP contribution < -0.4 is 0 Å². The van der Waals surface area contributed by atoms with E-state index in [1.165, 1.54) is 63.4 Å². The zero-order valence-electron chi connectivity index (χ0n) is 27.5. The minimum atomic E-state index is 0.993. The first kappa shape index (κ1) is 28.4. The first-order valence-electron chi connectivity index (χ1n) is 17.3. The van der Waals surface area contributed by atoms with Crippen molar-refractivity contribution in [3.8, 4) is 33.6 Å². The van der Waals surface area contributed by atoms with Crippen molar-refractivity contribution in [1.29, 1.82) is 0 Å². The molecular formula is C48H28N2S. The lowest BCUT2D eigenvalue weighted by Gasteiger charge is -2.17. The normalized spacial score (nSPS) is 11.9. The Morgan fingerprint density at radius 1 is 0.333 bits per heavy atom. The molecular weight excluding hydrogens is 637 g/mol. The fourth-order valence-electron chi connectivity index (χ4n) is 8.12. The smallest absolute Gasteiger partial charge is 0.0788 e. The van der Waals surface area contributed by atoms with Crippen LogP contribution >= 0.6 is 11.3 Å². The topological polar surface area (TPSA) is 25.8 Å². The van der Waals surface area contributed by atoms with Crippen molar-refractivity contribution >= 4 is 85.6 Å². The molecule has 0 atom stereocenters. The number of thiophene rings is 1. The van der Waals surface area contributed by atoms with Crippen LogP contribution in [-0.2, 0) is 0 Å². The molecule has 0 aliphatic carbocycles. The summed E-state index contributed by atoms with van der Waals surface area (Å²) >= 11 is 1.88. The fraction of sp³-hybridized carbons (Fsp3) is 0. The van der Waals surface area contributed by atoms with Crippen molar-refractivity contribution in [3.05, 3.63) is 170 Å². The maximum Gasteiger partial charge on any atom is 0.0788 e. The highest BCUT2D eigenvalue weighted by molar-refractivity contribution is 7.26. The first-order valence-corrected chi connectivity index (χ1v) is 18.1. The van der Waals surface area contributed by atoms with Crippen molar-refractivity contribution in [2.24, 2.45) is 0 Å². The number of aromatic nitrogens is 2. The minimum Gasteiger partial charge on any atom is -0.247 e. The van der Waals surface area contributed by atoms with Crippen molar-refractivity contribution < 1.29 is 0 Å². The molecule has 0 saturated heterocycles. The van der Waals surface area contributed by atoms with Gasteiger partial charge in [-0.3, -0.25) is 0 Å². The van der Waals surface area contributed by atoms with Crippen LogP contribution in [0.5, 0.6) is 0 Å². The molecule has 11 aromatic rings. The summed E-state index contributed by atoms with van der Waals surface area (Å²) < 4.78 is 2.62. The summed E-state index contributed by atoms with van der Waals surface area (Å²) in [6, 6.07) is 61.1. The summed E-state index contributed by atoms with van der Waals surface area (Å²) in [5.74, 6) is 0. The molecule has 0 aliphatic rings. The monoisotopic (exact) mass is 664 g/mol. The van der Waals surface area contributed by atoms with Gasteiger partial charge in [-0.2, -0.15) is 0 Å². The third-order valence-corrected chi connectivity index (χ3v) is 11.6. The maximum atomic E-state index is 5.46. The number of rotatable bonds is 3. The van der Waals surface area contributed by atoms with Crippen LogP contribution in [0.15, 0.2) is 170 Å². The van der Waals surface area contributed by atoms with Gasteiger partial charge in [-0.25, -0.2) is 9.97 Å². The molecule has 0 fully saturated rings. The van der Waals surface area contributed by atoms with Crippen molar-refractivity contribution in [1.82, 2.24) is 9.97 Å². The van der Waals surface area contributed by atoms with E-state index in [1.54, 1.807) is 0 Å². The van der Waals surface area contributed by atoms with E-state index in [2.05, 4.69) is 170 Å². The highest BCUT2D eigenvalue weighted by atomic mass is 32.1. The Kier molecular flexibility index (Phi) is 6.16. The van der Waals surface area contributed by atoms with Crippen LogP contribution in [0, 0.1) is 0 Å². The van der Waals surface area contributed by atoms with Crippen LogP contribution in [0.2, 0.25) is 0 Å². The molecule has 0 amide bonds. The molecule has 236 valence electrons. The van der Waals surface area contributed by atoms with Crippen LogP contribution in [-0.4, -0.2) is 9.97 Å². The number of pyridine rings is 2. The van der Waals surface area contributed by atoms with E-state index in [9.17, 15) is 0 Å². The molecule has 0 unspecified atom stereocenters. The van der Waals surface area contributed by atoms with Gasteiger partial charge < -0.3 is 0 Å². The lowest BCUT2D eigenvalue weighted by atomic mass is 9.89. The van der Waals surface area contributed by atoms with Gasteiger partial charge in [0.1, 0.15) is 0 Å². The molecule has 11 rings (SSSR count). The van der Waals surface area contributed by atoms with E-state index in [0.717, 1.165) is 44.5 Å². The molecule has 2 nitrogen and oxygen atoms in total. The third kappa shape index (κ3) is 4.29. The van der Waals surface area contributed by atoms with Crippen LogP contribution in [0.3, 0.4) is 0 Å². The number of para-hydroxylation sites is 1. The van der Waals surface area contributed by atoms with E-state index < -0.39 is 0 Å². The van der Waals surface area contributed by atoms with Gasteiger partial charge in [0.25, 0.3) is 0 Å². The number of hydrogen-bond donors (Lipinski definition) is 0. The Morgan fingerprint density at radius 2 is 0.902 bits per heavy atom. The number of fused-ring (bicyclic) bond motifs is 12. The van der Waals surface area contributed by atoms with Gasteiger partial charge >= 0.3 is 0 Å². The zero-order valence-corrected chi connectivity index (χ0v) is 28.3. The average molecular weight is 665 g/mol. The predicted molar refractivity (Wildman–Crippen MR) is 219 cm³/mol. The molecule has 3 heterocycles. The Labute approximate surface area is 297 Å². The van der Waals surface area contributed by atoms with E-state index >= 15 is 0 Å². The first-order chi connectivity index (χ1) is 25.3. The summed E-state index contributed by atoms with van der Waals surface area (Å²) in [6.45, 7) is 0. The molecule has 0 saturated carbocycles. The Balaban J connectivity index is 1.25. The number of hydrogen-bond acceptors (Lipinski definition) is 3. The van der Waals surface area contributed by atoms with Gasteiger partial charge in [-0.1, -0.05) is 146 Å². The van der Waals surface area contributed by atoms with Gasteiger partial charge in [-0.15, -0.1) is 11.3 Å². The summed E-state index contributed by atoms with van der Waals surface area (Å²) in [6.07, 6.45) is 0. The zero-order chi connectivity index (χ0) is 33.5. The van der Waals surface area contributed by atoms with E-state index in [-0.39, 0.29) is 0 Å². The van der Waals surface area contributed by atoms with Crippen molar-refractivity contribution in [2.45, 2.75) is 0 Å². The number of nitrogens with zero attached hydrogens (tertiary/aromatic N) is 2. The average Bonchev–Trinajstić information content (AvgIpc) is 3.59. The molecule has 0 aliphatic heterocycles. The van der Waals surface area contributed by atoms with Crippen molar-refractivity contribution in [2.75, 3.05) is 0 Å².